The van der Waals surface area contributed by atoms with Crippen molar-refractivity contribution in [2.75, 3.05) is 33.9 Å². The van der Waals surface area contributed by atoms with Gasteiger partial charge in [-0.25, -0.2) is 9.97 Å². The summed E-state index contributed by atoms with van der Waals surface area (Å²) in [6, 6.07) is 5.54. The first kappa shape index (κ1) is 18.7. The van der Waals surface area contributed by atoms with Crippen LogP contribution in [0.3, 0.4) is 0 Å². The Balaban J connectivity index is 1.43. The Morgan fingerprint density at radius 1 is 1.32 bits per heavy atom. The molecule has 1 saturated heterocycles. The van der Waals surface area contributed by atoms with Gasteiger partial charge in [0.1, 0.15) is 17.3 Å². The lowest BCUT2D eigenvalue weighted by atomic mass is 10.1. The van der Waals surface area contributed by atoms with E-state index >= 15 is 0 Å². The highest BCUT2D eigenvalue weighted by Crippen LogP contribution is 2.28. The summed E-state index contributed by atoms with van der Waals surface area (Å²) in [6.45, 7) is 3.20. The fraction of sp³-hybridized carbons (Fsp3) is 0.476. The van der Waals surface area contributed by atoms with Gasteiger partial charge >= 0.3 is 0 Å². The van der Waals surface area contributed by atoms with Crippen LogP contribution in [0.5, 0.6) is 11.5 Å². The molecule has 2 aliphatic heterocycles. The summed E-state index contributed by atoms with van der Waals surface area (Å²) in [7, 11) is 3.23. The Kier molecular flexibility index (Phi) is 5.43. The zero-order chi connectivity index (χ0) is 19.5. The first-order valence-corrected chi connectivity index (χ1v) is 9.72. The Bertz CT molecular complexity index is 871. The van der Waals surface area contributed by atoms with Crippen LogP contribution in [0.1, 0.15) is 35.0 Å². The van der Waals surface area contributed by atoms with Gasteiger partial charge in [0.05, 0.1) is 20.6 Å². The van der Waals surface area contributed by atoms with E-state index in [1.165, 1.54) is 5.56 Å². The van der Waals surface area contributed by atoms with Crippen molar-refractivity contribution in [2.24, 2.45) is 0 Å². The average molecular weight is 382 g/mol. The summed E-state index contributed by atoms with van der Waals surface area (Å²) in [5, 5.41) is 3.34. The van der Waals surface area contributed by atoms with Crippen LogP contribution < -0.4 is 14.8 Å². The summed E-state index contributed by atoms with van der Waals surface area (Å²) in [4.78, 5) is 24.2. The molecule has 0 spiro atoms. The summed E-state index contributed by atoms with van der Waals surface area (Å²) in [6.07, 6.45) is 4.08. The maximum atomic E-state index is 12.9. The second kappa shape index (κ2) is 8.14. The van der Waals surface area contributed by atoms with Crippen molar-refractivity contribution in [3.63, 3.8) is 0 Å². The van der Waals surface area contributed by atoms with Crippen LogP contribution in [0.4, 0.5) is 0 Å². The van der Waals surface area contributed by atoms with Crippen LogP contribution in [0.15, 0.2) is 24.4 Å². The van der Waals surface area contributed by atoms with Crippen LogP contribution in [0.2, 0.25) is 0 Å². The fourth-order valence-corrected chi connectivity index (χ4v) is 3.94. The van der Waals surface area contributed by atoms with E-state index in [1.54, 1.807) is 14.2 Å². The molecule has 1 N–H and O–H groups in total. The molecule has 1 fully saturated rings. The summed E-state index contributed by atoms with van der Waals surface area (Å²) in [5.41, 5.74) is 3.17. The number of amides is 1. The van der Waals surface area contributed by atoms with E-state index in [0.29, 0.717) is 18.7 Å². The maximum absolute atomic E-state index is 12.9. The number of methoxy groups -OCH3 is 2. The predicted octanol–water partition coefficient (Wildman–Crippen LogP) is 1.70. The Hall–Kier alpha value is -2.67. The highest BCUT2D eigenvalue weighted by Gasteiger charge is 2.30. The van der Waals surface area contributed by atoms with Crippen LogP contribution in [-0.2, 0) is 24.2 Å². The molecule has 3 heterocycles. The van der Waals surface area contributed by atoms with Crippen LogP contribution in [0.25, 0.3) is 0 Å². The van der Waals surface area contributed by atoms with Gasteiger partial charge in [-0.15, -0.1) is 0 Å². The number of hydrogen-bond acceptors (Lipinski definition) is 6. The van der Waals surface area contributed by atoms with Gasteiger partial charge in [-0.3, -0.25) is 4.79 Å². The molecule has 1 aromatic heterocycles. The molecule has 7 heteroatoms. The molecule has 0 bridgehead atoms. The molecule has 0 unspecified atom stereocenters. The lowest BCUT2D eigenvalue weighted by Crippen LogP contribution is -2.30. The first-order valence-electron chi connectivity index (χ1n) is 9.72. The molecule has 0 saturated carbocycles. The molecular weight excluding hydrogens is 356 g/mol. The second-order valence-electron chi connectivity index (χ2n) is 7.31. The molecule has 148 valence electrons. The third kappa shape index (κ3) is 3.80. The monoisotopic (exact) mass is 382 g/mol. The van der Waals surface area contributed by atoms with E-state index < -0.39 is 0 Å². The third-order valence-electron chi connectivity index (χ3n) is 5.56. The Labute approximate surface area is 165 Å². The quantitative estimate of drug-likeness (QED) is 0.848. The van der Waals surface area contributed by atoms with Crippen molar-refractivity contribution in [2.45, 2.75) is 31.7 Å². The molecule has 2 aromatic rings. The zero-order valence-electron chi connectivity index (χ0n) is 16.4. The van der Waals surface area contributed by atoms with Gasteiger partial charge < -0.3 is 19.7 Å². The lowest BCUT2D eigenvalue weighted by Gasteiger charge is -2.19. The molecule has 7 nitrogen and oxygen atoms in total. The SMILES string of the molecule is COc1ccc(OC)c(CC(=O)N2CC[C@H](c3ncc4c(n3)CCNC4)C2)c1. The third-order valence-corrected chi connectivity index (χ3v) is 5.56. The van der Waals surface area contributed by atoms with Gasteiger partial charge in [0.15, 0.2) is 0 Å². The van der Waals surface area contributed by atoms with Gasteiger partial charge in [0.25, 0.3) is 0 Å². The van der Waals surface area contributed by atoms with E-state index in [4.69, 9.17) is 14.5 Å². The molecule has 1 atom stereocenters. The van der Waals surface area contributed by atoms with Gasteiger partial charge in [0.2, 0.25) is 5.91 Å². The number of aromatic nitrogens is 2. The van der Waals surface area contributed by atoms with Crippen molar-refractivity contribution >= 4 is 5.91 Å². The molecular formula is C21H26N4O3. The Morgan fingerprint density at radius 2 is 2.21 bits per heavy atom. The van der Waals surface area contributed by atoms with E-state index in [1.807, 2.05) is 29.3 Å². The standard InChI is InChI=1S/C21H26N4O3/c1-27-17-3-4-19(28-2)15(9-17)10-20(26)25-8-6-14(13-25)21-23-12-16-11-22-7-5-18(16)24-21/h3-4,9,12,14,22H,5-8,10-11,13H2,1-2H3/t14-/m0/s1. The van der Waals surface area contributed by atoms with Crippen molar-refractivity contribution in [1.29, 1.82) is 0 Å². The molecule has 28 heavy (non-hydrogen) atoms. The maximum Gasteiger partial charge on any atom is 0.227 e. The van der Waals surface area contributed by atoms with E-state index in [-0.39, 0.29) is 11.8 Å². The van der Waals surface area contributed by atoms with Crippen LogP contribution >= 0.6 is 0 Å². The number of fused-ring (bicyclic) bond motifs is 1. The second-order valence-corrected chi connectivity index (χ2v) is 7.31. The first-order chi connectivity index (χ1) is 13.7. The van der Waals surface area contributed by atoms with Gasteiger partial charge in [-0.2, -0.15) is 0 Å². The molecule has 4 rings (SSSR count). The number of hydrogen-bond donors (Lipinski definition) is 1. The minimum Gasteiger partial charge on any atom is -0.497 e. The highest BCUT2D eigenvalue weighted by molar-refractivity contribution is 5.80. The highest BCUT2D eigenvalue weighted by atomic mass is 16.5. The van der Waals surface area contributed by atoms with Gasteiger partial charge in [0, 0.05) is 61.5 Å². The smallest absolute Gasteiger partial charge is 0.227 e. The summed E-state index contributed by atoms with van der Waals surface area (Å²) < 4.78 is 10.7. The molecule has 1 aromatic carbocycles. The minimum atomic E-state index is 0.0937. The normalized spacial score (nSPS) is 18.6. The summed E-state index contributed by atoms with van der Waals surface area (Å²) in [5.74, 6) is 2.60. The largest absolute Gasteiger partial charge is 0.497 e. The molecule has 1 amide bonds. The number of carbonyl (C=O) groups excluding carboxylic acids is 1. The summed E-state index contributed by atoms with van der Waals surface area (Å²) >= 11 is 0. The van der Waals surface area contributed by atoms with E-state index in [9.17, 15) is 4.79 Å². The number of benzene rings is 1. The number of likely N-dealkylation sites (tertiary alicyclic amines) is 1. The van der Waals surface area contributed by atoms with Crippen molar-refractivity contribution in [3.05, 3.63) is 47.0 Å². The van der Waals surface area contributed by atoms with Gasteiger partial charge in [-0.05, 0) is 24.6 Å². The zero-order valence-corrected chi connectivity index (χ0v) is 16.4. The van der Waals surface area contributed by atoms with E-state index in [2.05, 4.69) is 10.3 Å². The van der Waals surface area contributed by atoms with Crippen LogP contribution in [0, 0.1) is 0 Å². The van der Waals surface area contributed by atoms with Crippen LogP contribution in [-0.4, -0.2) is 54.6 Å². The number of rotatable bonds is 5. The van der Waals surface area contributed by atoms with Crippen molar-refractivity contribution in [3.8, 4) is 11.5 Å². The molecule has 2 aliphatic rings. The number of carbonyl (C=O) groups is 1. The minimum absolute atomic E-state index is 0.0937. The lowest BCUT2D eigenvalue weighted by molar-refractivity contribution is -0.129. The topological polar surface area (TPSA) is 76.6 Å². The number of nitrogens with one attached hydrogen (secondary N) is 1. The molecule has 0 aliphatic carbocycles. The van der Waals surface area contributed by atoms with Crippen molar-refractivity contribution in [1.82, 2.24) is 20.2 Å². The number of nitrogens with zero attached hydrogens (tertiary/aromatic N) is 3. The number of ether oxygens (including phenoxy) is 2. The molecule has 0 radical (unpaired) electrons. The van der Waals surface area contributed by atoms with Gasteiger partial charge in [-0.1, -0.05) is 0 Å². The Morgan fingerprint density at radius 3 is 3.04 bits per heavy atom. The fourth-order valence-electron chi connectivity index (χ4n) is 3.94. The van der Waals surface area contributed by atoms with E-state index in [0.717, 1.165) is 55.3 Å². The predicted molar refractivity (Wildman–Crippen MR) is 105 cm³/mol. The van der Waals surface area contributed by atoms with Crippen molar-refractivity contribution < 1.29 is 14.3 Å². The average Bonchev–Trinajstić information content (AvgIpc) is 3.24.